The highest BCUT2D eigenvalue weighted by molar-refractivity contribution is 5.80. The van der Waals surface area contributed by atoms with Gasteiger partial charge in [-0.05, 0) is 23.8 Å². The van der Waals surface area contributed by atoms with Gasteiger partial charge in [-0.25, -0.2) is 4.39 Å². The number of likely N-dealkylation sites (N-methyl/N-ethyl adjacent to an activating group) is 1. The Hall–Kier alpha value is -2.96. The molecule has 2 rings (SSSR count). The van der Waals surface area contributed by atoms with Gasteiger partial charge in [-0.1, -0.05) is 12.1 Å². The summed E-state index contributed by atoms with van der Waals surface area (Å²) < 4.78 is 34.7. The van der Waals surface area contributed by atoms with Gasteiger partial charge < -0.3 is 23.8 Å². The Labute approximate surface area is 158 Å². The number of methoxy groups -OCH3 is 4. The van der Waals surface area contributed by atoms with Crippen LogP contribution in [0.1, 0.15) is 11.1 Å². The standard InChI is InChI=1S/C20H24FNO5/c1-22(12-13-6-8-16(24-2)15(21)10-13)18(23)11-14-7-9-17(25-3)20(27-5)19(14)26-4/h6-10H,11-12H2,1-5H3. The predicted molar refractivity (Wildman–Crippen MR) is 99.2 cm³/mol. The van der Waals surface area contributed by atoms with Crippen LogP contribution in [-0.4, -0.2) is 46.3 Å². The third-order valence-corrected chi connectivity index (χ3v) is 4.19. The van der Waals surface area contributed by atoms with Crippen LogP contribution in [0.2, 0.25) is 0 Å². The van der Waals surface area contributed by atoms with E-state index in [9.17, 15) is 9.18 Å². The predicted octanol–water partition coefficient (Wildman–Crippen LogP) is 3.06. The van der Waals surface area contributed by atoms with Crippen LogP contribution in [0.15, 0.2) is 30.3 Å². The van der Waals surface area contributed by atoms with Crippen LogP contribution in [0, 0.1) is 5.82 Å². The molecule has 0 atom stereocenters. The molecule has 0 bridgehead atoms. The Morgan fingerprint density at radius 2 is 1.56 bits per heavy atom. The third kappa shape index (κ3) is 4.61. The summed E-state index contributed by atoms with van der Waals surface area (Å²) in [5, 5.41) is 0. The maximum absolute atomic E-state index is 13.8. The number of benzene rings is 2. The van der Waals surface area contributed by atoms with Crippen molar-refractivity contribution in [2.45, 2.75) is 13.0 Å². The minimum absolute atomic E-state index is 0.110. The number of amides is 1. The van der Waals surface area contributed by atoms with Crippen molar-refractivity contribution in [1.29, 1.82) is 0 Å². The van der Waals surface area contributed by atoms with E-state index in [0.29, 0.717) is 28.4 Å². The Kier molecular flexibility index (Phi) is 6.87. The van der Waals surface area contributed by atoms with Crippen LogP contribution < -0.4 is 18.9 Å². The van der Waals surface area contributed by atoms with Crippen LogP contribution >= 0.6 is 0 Å². The highest BCUT2D eigenvalue weighted by Crippen LogP contribution is 2.40. The summed E-state index contributed by atoms with van der Waals surface area (Å²) in [5.74, 6) is 0.976. The fourth-order valence-corrected chi connectivity index (χ4v) is 2.77. The van der Waals surface area contributed by atoms with Crippen LogP contribution in [0.5, 0.6) is 23.0 Å². The molecule has 146 valence electrons. The molecular formula is C20H24FNO5. The van der Waals surface area contributed by atoms with Crippen molar-refractivity contribution in [3.05, 3.63) is 47.3 Å². The maximum Gasteiger partial charge on any atom is 0.227 e. The lowest BCUT2D eigenvalue weighted by atomic mass is 10.1. The van der Waals surface area contributed by atoms with Crippen LogP contribution in [0.3, 0.4) is 0 Å². The number of rotatable bonds is 8. The molecule has 6 nitrogen and oxygen atoms in total. The number of hydrogen-bond donors (Lipinski definition) is 0. The van der Waals surface area contributed by atoms with Gasteiger partial charge in [0.1, 0.15) is 0 Å². The summed E-state index contributed by atoms with van der Waals surface area (Å²) >= 11 is 0. The first kappa shape index (κ1) is 20.4. The molecule has 0 aliphatic rings. The van der Waals surface area contributed by atoms with E-state index in [1.54, 1.807) is 31.3 Å². The monoisotopic (exact) mass is 377 g/mol. The number of carbonyl (C=O) groups is 1. The van der Waals surface area contributed by atoms with Gasteiger partial charge in [0.05, 0.1) is 34.9 Å². The van der Waals surface area contributed by atoms with Crippen molar-refractivity contribution >= 4 is 5.91 Å². The zero-order chi connectivity index (χ0) is 20.0. The first-order chi connectivity index (χ1) is 12.9. The second kappa shape index (κ2) is 9.12. The first-order valence-corrected chi connectivity index (χ1v) is 8.29. The Morgan fingerprint density at radius 1 is 0.926 bits per heavy atom. The summed E-state index contributed by atoms with van der Waals surface area (Å²) in [4.78, 5) is 14.2. The fourth-order valence-electron chi connectivity index (χ4n) is 2.77. The van der Waals surface area contributed by atoms with Crippen molar-refractivity contribution in [3.63, 3.8) is 0 Å². The smallest absolute Gasteiger partial charge is 0.227 e. The molecule has 2 aromatic carbocycles. The van der Waals surface area contributed by atoms with Crippen LogP contribution in [-0.2, 0) is 17.8 Å². The molecule has 0 aliphatic carbocycles. The molecule has 0 aromatic heterocycles. The molecule has 7 heteroatoms. The topological polar surface area (TPSA) is 57.2 Å². The van der Waals surface area contributed by atoms with E-state index in [2.05, 4.69) is 0 Å². The van der Waals surface area contributed by atoms with Crippen molar-refractivity contribution in [3.8, 4) is 23.0 Å². The molecule has 0 spiro atoms. The lowest BCUT2D eigenvalue weighted by molar-refractivity contribution is -0.129. The normalized spacial score (nSPS) is 10.3. The van der Waals surface area contributed by atoms with E-state index in [4.69, 9.17) is 18.9 Å². The Morgan fingerprint density at radius 3 is 2.11 bits per heavy atom. The van der Waals surface area contributed by atoms with Crippen molar-refractivity contribution in [2.75, 3.05) is 35.5 Å². The summed E-state index contributed by atoms with van der Waals surface area (Å²) in [6.07, 6.45) is 0.110. The highest BCUT2D eigenvalue weighted by atomic mass is 19.1. The number of halogens is 1. The van der Waals surface area contributed by atoms with E-state index in [0.717, 1.165) is 0 Å². The van der Waals surface area contributed by atoms with Gasteiger partial charge in [-0.3, -0.25) is 4.79 Å². The third-order valence-electron chi connectivity index (χ3n) is 4.19. The molecule has 0 saturated heterocycles. The minimum Gasteiger partial charge on any atom is -0.494 e. The lowest BCUT2D eigenvalue weighted by Crippen LogP contribution is -2.28. The summed E-state index contributed by atoms with van der Waals surface area (Å²) in [6.45, 7) is 0.273. The molecule has 0 unspecified atom stereocenters. The number of nitrogens with zero attached hydrogens (tertiary/aromatic N) is 1. The average Bonchev–Trinajstić information content (AvgIpc) is 2.67. The van der Waals surface area contributed by atoms with E-state index < -0.39 is 5.82 Å². The van der Waals surface area contributed by atoms with Gasteiger partial charge in [0.25, 0.3) is 0 Å². The van der Waals surface area contributed by atoms with Gasteiger partial charge in [0.2, 0.25) is 11.7 Å². The van der Waals surface area contributed by atoms with E-state index in [-0.39, 0.29) is 24.6 Å². The van der Waals surface area contributed by atoms with Gasteiger partial charge >= 0.3 is 0 Å². The number of hydrogen-bond acceptors (Lipinski definition) is 5. The van der Waals surface area contributed by atoms with Gasteiger partial charge in [0, 0.05) is 19.2 Å². The molecule has 0 radical (unpaired) electrons. The van der Waals surface area contributed by atoms with Gasteiger partial charge in [-0.15, -0.1) is 0 Å². The maximum atomic E-state index is 13.8. The molecule has 0 heterocycles. The van der Waals surface area contributed by atoms with E-state index in [1.165, 1.54) is 39.4 Å². The zero-order valence-electron chi connectivity index (χ0n) is 16.2. The number of ether oxygens (including phenoxy) is 4. The van der Waals surface area contributed by atoms with Gasteiger partial charge in [-0.2, -0.15) is 0 Å². The lowest BCUT2D eigenvalue weighted by Gasteiger charge is -2.20. The Balaban J connectivity index is 2.15. The quantitative estimate of drug-likeness (QED) is 0.708. The number of carbonyl (C=O) groups excluding carboxylic acids is 1. The average molecular weight is 377 g/mol. The first-order valence-electron chi connectivity index (χ1n) is 8.29. The Bertz CT molecular complexity index is 809. The molecule has 2 aromatic rings. The summed E-state index contributed by atoms with van der Waals surface area (Å²) in [5.41, 5.74) is 1.34. The van der Waals surface area contributed by atoms with Crippen molar-refractivity contribution in [2.24, 2.45) is 0 Å². The molecule has 0 saturated carbocycles. The van der Waals surface area contributed by atoms with Crippen molar-refractivity contribution < 1.29 is 28.1 Å². The van der Waals surface area contributed by atoms with E-state index >= 15 is 0 Å². The molecule has 0 fully saturated rings. The molecule has 0 N–H and O–H groups in total. The summed E-state index contributed by atoms with van der Waals surface area (Å²) in [7, 11) is 7.62. The fraction of sp³-hybridized carbons (Fsp3) is 0.350. The zero-order valence-corrected chi connectivity index (χ0v) is 16.2. The second-order valence-corrected chi connectivity index (χ2v) is 5.89. The molecule has 0 aliphatic heterocycles. The SMILES string of the molecule is COc1ccc(CN(C)C(=O)Cc2ccc(OC)c(OC)c2OC)cc1F. The van der Waals surface area contributed by atoms with Gasteiger partial charge in [0.15, 0.2) is 23.1 Å². The molecule has 27 heavy (non-hydrogen) atoms. The highest BCUT2D eigenvalue weighted by Gasteiger charge is 2.19. The summed E-state index contributed by atoms with van der Waals surface area (Å²) in [6, 6.07) is 8.12. The van der Waals surface area contributed by atoms with E-state index in [1.807, 2.05) is 0 Å². The largest absolute Gasteiger partial charge is 0.494 e. The molecular weight excluding hydrogens is 353 g/mol. The van der Waals surface area contributed by atoms with Crippen LogP contribution in [0.25, 0.3) is 0 Å². The van der Waals surface area contributed by atoms with Crippen LogP contribution in [0.4, 0.5) is 4.39 Å². The van der Waals surface area contributed by atoms with Crippen molar-refractivity contribution in [1.82, 2.24) is 4.90 Å². The molecule has 1 amide bonds. The minimum atomic E-state index is -0.461. The second-order valence-electron chi connectivity index (χ2n) is 5.89.